The van der Waals surface area contributed by atoms with Gasteiger partial charge in [-0.1, -0.05) is 127 Å². The molecule has 0 saturated carbocycles. The van der Waals surface area contributed by atoms with Gasteiger partial charge in [0.25, 0.3) is 0 Å². The molecule has 182 valence electrons. The first-order chi connectivity index (χ1) is 18.6. The van der Waals surface area contributed by atoms with Crippen LogP contribution in [0.3, 0.4) is 0 Å². The quantitative estimate of drug-likeness (QED) is 0.0995. The molecule has 0 atom stereocenters. The molecule has 0 aromatic heterocycles. The van der Waals surface area contributed by atoms with Gasteiger partial charge in [0.2, 0.25) is 0 Å². The van der Waals surface area contributed by atoms with Crippen LogP contribution in [0.25, 0.3) is 11.6 Å². The van der Waals surface area contributed by atoms with E-state index in [1.165, 1.54) is 0 Å². The van der Waals surface area contributed by atoms with Gasteiger partial charge in [-0.05, 0) is 52.9 Å². The highest BCUT2D eigenvalue weighted by Gasteiger charge is 2.24. The summed E-state index contributed by atoms with van der Waals surface area (Å²) in [6.07, 6.45) is 1.94. The molecule has 0 aliphatic carbocycles. The molecule has 0 saturated heterocycles. The number of nitrogens with zero attached hydrogens (tertiary/aromatic N) is 1. The van der Waals surface area contributed by atoms with Crippen molar-refractivity contribution in [1.29, 1.82) is 5.26 Å². The second-order valence-electron chi connectivity index (χ2n) is 9.33. The molecule has 5 aromatic rings. The minimum absolute atomic E-state index is 0.0401. The van der Waals surface area contributed by atoms with E-state index in [1.54, 1.807) is 12.1 Å². The molecule has 0 unspecified atom stereocenters. The Morgan fingerprint density at radius 3 is 1.82 bits per heavy atom. The second kappa shape index (κ2) is 11.4. The number of carbonyl (C=O) groups excluding carboxylic acids is 1. The summed E-state index contributed by atoms with van der Waals surface area (Å²) >= 11 is 0. The van der Waals surface area contributed by atoms with Crippen LogP contribution in [0, 0.1) is 18.3 Å². The number of allylic oxidation sites excluding steroid dienone is 1. The van der Waals surface area contributed by atoms with Gasteiger partial charge < -0.3 is 0 Å². The van der Waals surface area contributed by atoms with Crippen molar-refractivity contribution in [3.05, 3.63) is 178 Å². The van der Waals surface area contributed by atoms with E-state index in [4.69, 9.17) is 0 Å². The molecule has 0 spiro atoms. The van der Waals surface area contributed by atoms with Gasteiger partial charge in [0, 0.05) is 17.1 Å². The largest absolute Gasteiger partial charge is 0.289 e. The van der Waals surface area contributed by atoms with Crippen molar-refractivity contribution in [2.45, 2.75) is 12.8 Å². The van der Waals surface area contributed by atoms with Crippen molar-refractivity contribution in [1.82, 2.24) is 0 Å². The minimum atomic E-state index is -0.0521. The predicted molar refractivity (Wildman–Crippen MR) is 155 cm³/mol. The van der Waals surface area contributed by atoms with Crippen LogP contribution in [0.2, 0.25) is 0 Å². The summed E-state index contributed by atoms with van der Waals surface area (Å²) in [4.78, 5) is 14.1. The van der Waals surface area contributed by atoms with Gasteiger partial charge in [0.1, 0.15) is 0 Å². The van der Waals surface area contributed by atoms with Crippen molar-refractivity contribution >= 4 is 17.4 Å². The molecule has 0 fully saturated rings. The smallest absolute Gasteiger partial charge is 0.193 e. The Labute approximate surface area is 224 Å². The SMILES string of the molecule is Cc1ccc(C(=O)/C(=C/c2ccc(C#N)cc2)c2ccccc2C(c2ccccc2)c2ccccc2)cc1. The third-order valence-electron chi connectivity index (χ3n) is 6.74. The zero-order valence-corrected chi connectivity index (χ0v) is 21.2. The number of Topliss-reactive ketones (excluding diaryl/α,β-unsaturated/α-hetero) is 1. The van der Waals surface area contributed by atoms with Crippen LogP contribution in [-0.4, -0.2) is 5.78 Å². The monoisotopic (exact) mass is 489 g/mol. The summed E-state index contributed by atoms with van der Waals surface area (Å²) in [7, 11) is 0. The van der Waals surface area contributed by atoms with Crippen molar-refractivity contribution in [3.63, 3.8) is 0 Å². The highest BCUT2D eigenvalue weighted by molar-refractivity contribution is 6.32. The lowest BCUT2D eigenvalue weighted by Gasteiger charge is -2.23. The summed E-state index contributed by atoms with van der Waals surface area (Å²) in [6.45, 7) is 2.02. The van der Waals surface area contributed by atoms with Crippen molar-refractivity contribution in [2.24, 2.45) is 0 Å². The van der Waals surface area contributed by atoms with E-state index in [1.807, 2.05) is 79.7 Å². The molecule has 0 bridgehead atoms. The Morgan fingerprint density at radius 1 is 0.684 bits per heavy atom. The fraction of sp³-hybridized carbons (Fsp3) is 0.0556. The molecule has 0 amide bonds. The molecule has 0 aliphatic heterocycles. The molecular weight excluding hydrogens is 462 g/mol. The van der Waals surface area contributed by atoms with Crippen LogP contribution >= 0.6 is 0 Å². The lowest BCUT2D eigenvalue weighted by atomic mass is 9.80. The summed E-state index contributed by atoms with van der Waals surface area (Å²) in [5.74, 6) is -0.0922. The number of carbonyl (C=O) groups is 1. The van der Waals surface area contributed by atoms with E-state index in [-0.39, 0.29) is 11.7 Å². The molecule has 0 heterocycles. The zero-order valence-electron chi connectivity index (χ0n) is 21.2. The Bertz CT molecular complexity index is 1570. The van der Waals surface area contributed by atoms with Crippen LogP contribution < -0.4 is 0 Å². The van der Waals surface area contributed by atoms with Crippen molar-refractivity contribution < 1.29 is 4.79 Å². The Kier molecular flexibility index (Phi) is 7.39. The number of aryl methyl sites for hydroxylation is 1. The van der Waals surface area contributed by atoms with E-state index in [0.29, 0.717) is 16.7 Å². The number of nitriles is 1. The van der Waals surface area contributed by atoms with Crippen LogP contribution in [-0.2, 0) is 0 Å². The van der Waals surface area contributed by atoms with Gasteiger partial charge in [0.05, 0.1) is 11.6 Å². The third kappa shape index (κ3) is 5.38. The molecule has 2 nitrogen and oxygen atoms in total. The average Bonchev–Trinajstić information content (AvgIpc) is 2.98. The number of hydrogen-bond acceptors (Lipinski definition) is 2. The standard InChI is InChI=1S/C36H27NO/c1-26-16-22-31(23-17-26)36(38)34(24-27-18-20-28(25-37)21-19-27)32-14-8-9-15-33(32)35(29-10-4-2-5-11-29)30-12-6-3-7-13-30/h2-24,35H,1H3/b34-24+. The summed E-state index contributed by atoms with van der Waals surface area (Å²) in [6, 6.07) is 46.2. The number of rotatable bonds is 7. The molecular formula is C36H27NO. The van der Waals surface area contributed by atoms with E-state index >= 15 is 0 Å². The van der Waals surface area contributed by atoms with E-state index in [0.717, 1.165) is 33.4 Å². The summed E-state index contributed by atoms with van der Waals surface area (Å²) in [5.41, 5.74) is 8.08. The van der Waals surface area contributed by atoms with Crippen molar-refractivity contribution in [3.8, 4) is 6.07 Å². The molecule has 38 heavy (non-hydrogen) atoms. The average molecular weight is 490 g/mol. The Hall–Kier alpha value is -5.00. The number of ketones is 1. The van der Waals surface area contributed by atoms with Crippen LogP contribution in [0.4, 0.5) is 0 Å². The summed E-state index contributed by atoms with van der Waals surface area (Å²) < 4.78 is 0. The molecule has 0 radical (unpaired) electrons. The van der Waals surface area contributed by atoms with Crippen LogP contribution in [0.5, 0.6) is 0 Å². The maximum Gasteiger partial charge on any atom is 0.193 e. The first-order valence-corrected chi connectivity index (χ1v) is 12.7. The normalized spacial score (nSPS) is 11.2. The Morgan fingerprint density at radius 2 is 1.24 bits per heavy atom. The van der Waals surface area contributed by atoms with Gasteiger partial charge in [-0.3, -0.25) is 4.79 Å². The second-order valence-corrected chi connectivity index (χ2v) is 9.33. The van der Waals surface area contributed by atoms with Crippen molar-refractivity contribution in [2.75, 3.05) is 0 Å². The maximum absolute atomic E-state index is 14.1. The topological polar surface area (TPSA) is 40.9 Å². The maximum atomic E-state index is 14.1. The third-order valence-corrected chi connectivity index (χ3v) is 6.74. The van der Waals surface area contributed by atoms with Gasteiger partial charge in [-0.25, -0.2) is 0 Å². The van der Waals surface area contributed by atoms with Crippen LogP contribution in [0.15, 0.2) is 133 Å². The minimum Gasteiger partial charge on any atom is -0.289 e. The first kappa shape index (κ1) is 24.7. The summed E-state index contributed by atoms with van der Waals surface area (Å²) in [5, 5.41) is 9.24. The fourth-order valence-corrected chi connectivity index (χ4v) is 4.78. The molecule has 5 aromatic carbocycles. The molecule has 0 N–H and O–H groups in total. The van der Waals surface area contributed by atoms with E-state index in [9.17, 15) is 10.1 Å². The van der Waals surface area contributed by atoms with Gasteiger partial charge >= 0.3 is 0 Å². The molecule has 2 heteroatoms. The van der Waals surface area contributed by atoms with Gasteiger partial charge in [0.15, 0.2) is 5.78 Å². The lowest BCUT2D eigenvalue weighted by molar-refractivity contribution is 0.105. The Balaban J connectivity index is 1.73. The highest BCUT2D eigenvalue weighted by Crippen LogP contribution is 2.37. The van der Waals surface area contributed by atoms with E-state index < -0.39 is 0 Å². The van der Waals surface area contributed by atoms with E-state index in [2.05, 4.69) is 60.7 Å². The molecule has 5 rings (SSSR count). The first-order valence-electron chi connectivity index (χ1n) is 12.7. The van der Waals surface area contributed by atoms with Crippen LogP contribution in [0.1, 0.15) is 55.2 Å². The highest BCUT2D eigenvalue weighted by atomic mass is 16.1. The number of hydrogen-bond donors (Lipinski definition) is 0. The fourth-order valence-electron chi connectivity index (χ4n) is 4.78. The number of benzene rings is 5. The molecule has 0 aliphatic rings. The van der Waals surface area contributed by atoms with Gasteiger partial charge in [-0.15, -0.1) is 0 Å². The lowest BCUT2D eigenvalue weighted by Crippen LogP contribution is -2.10. The van der Waals surface area contributed by atoms with Gasteiger partial charge in [-0.2, -0.15) is 5.26 Å². The predicted octanol–water partition coefficient (Wildman–Crippen LogP) is 8.47. The zero-order chi connectivity index (χ0) is 26.3.